The summed E-state index contributed by atoms with van der Waals surface area (Å²) in [5.74, 6) is 1.72. The van der Waals surface area contributed by atoms with Gasteiger partial charge in [0.25, 0.3) is 0 Å². The summed E-state index contributed by atoms with van der Waals surface area (Å²) in [7, 11) is 0. The topological polar surface area (TPSA) is 49.5 Å². The zero-order valence-electron chi connectivity index (χ0n) is 11.1. The molecule has 0 aromatic heterocycles. The lowest BCUT2D eigenvalue weighted by Crippen LogP contribution is -2.45. The van der Waals surface area contributed by atoms with Crippen molar-refractivity contribution < 1.29 is 5.11 Å². The average molecular weight is 228 g/mol. The lowest BCUT2D eigenvalue weighted by atomic mass is 9.86. The van der Waals surface area contributed by atoms with Crippen LogP contribution in [-0.4, -0.2) is 41.8 Å². The van der Waals surface area contributed by atoms with Gasteiger partial charge in [-0.15, -0.1) is 0 Å². The third kappa shape index (κ3) is 4.40. The van der Waals surface area contributed by atoms with E-state index in [2.05, 4.69) is 18.7 Å². The van der Waals surface area contributed by atoms with E-state index in [0.29, 0.717) is 0 Å². The van der Waals surface area contributed by atoms with Gasteiger partial charge in [0.15, 0.2) is 0 Å². The highest BCUT2D eigenvalue weighted by molar-refractivity contribution is 4.81. The molecule has 1 rings (SSSR count). The first-order valence-corrected chi connectivity index (χ1v) is 6.57. The molecule has 0 aliphatic carbocycles. The molecule has 0 spiro atoms. The van der Waals surface area contributed by atoms with Crippen molar-refractivity contribution in [1.29, 1.82) is 0 Å². The molecule has 0 radical (unpaired) electrons. The van der Waals surface area contributed by atoms with Gasteiger partial charge in [-0.1, -0.05) is 13.8 Å². The lowest BCUT2D eigenvalue weighted by molar-refractivity contribution is 0.133. The van der Waals surface area contributed by atoms with E-state index in [-0.39, 0.29) is 6.61 Å². The maximum absolute atomic E-state index is 9.09. The van der Waals surface area contributed by atoms with Gasteiger partial charge in [0, 0.05) is 5.54 Å². The molecule has 1 heterocycles. The van der Waals surface area contributed by atoms with E-state index < -0.39 is 5.54 Å². The molecule has 1 aliphatic heterocycles. The quantitative estimate of drug-likeness (QED) is 0.749. The van der Waals surface area contributed by atoms with Crippen LogP contribution in [0, 0.1) is 11.8 Å². The first-order chi connectivity index (χ1) is 7.44. The standard InChI is InChI=1S/C13H28N2O/c1-11(2)12-4-7-15(8-5-12)9-6-13(3,14)10-16/h11-12,16H,4-10,14H2,1-3H3. The average Bonchev–Trinajstić information content (AvgIpc) is 2.27. The minimum absolute atomic E-state index is 0.0788. The Kier molecular flexibility index (Phi) is 5.22. The number of aliphatic hydroxyl groups excluding tert-OH is 1. The highest BCUT2D eigenvalue weighted by Gasteiger charge is 2.23. The molecule has 3 heteroatoms. The number of aliphatic hydroxyl groups is 1. The van der Waals surface area contributed by atoms with Crippen molar-refractivity contribution in [3.8, 4) is 0 Å². The van der Waals surface area contributed by atoms with Crippen LogP contribution in [0.4, 0.5) is 0 Å². The summed E-state index contributed by atoms with van der Waals surface area (Å²) >= 11 is 0. The molecule has 0 aromatic carbocycles. The van der Waals surface area contributed by atoms with Gasteiger partial charge < -0.3 is 15.7 Å². The normalized spacial score (nSPS) is 23.6. The molecule has 1 atom stereocenters. The monoisotopic (exact) mass is 228 g/mol. The number of nitrogens with two attached hydrogens (primary N) is 1. The van der Waals surface area contributed by atoms with Gasteiger partial charge in [0.1, 0.15) is 0 Å². The van der Waals surface area contributed by atoms with Gasteiger partial charge in [-0.25, -0.2) is 0 Å². The fourth-order valence-electron chi connectivity index (χ4n) is 2.34. The Morgan fingerprint density at radius 3 is 2.38 bits per heavy atom. The Labute approximate surface area is 100 Å². The van der Waals surface area contributed by atoms with E-state index in [4.69, 9.17) is 10.8 Å². The third-order valence-corrected chi connectivity index (χ3v) is 3.94. The number of likely N-dealkylation sites (tertiary alicyclic amines) is 1. The molecule has 96 valence electrons. The van der Waals surface area contributed by atoms with E-state index in [9.17, 15) is 0 Å². The minimum atomic E-state index is -0.408. The first kappa shape index (κ1) is 13.9. The molecule has 0 aromatic rings. The van der Waals surface area contributed by atoms with Gasteiger partial charge in [-0.3, -0.25) is 0 Å². The summed E-state index contributed by atoms with van der Waals surface area (Å²) in [6.07, 6.45) is 3.52. The molecular weight excluding hydrogens is 200 g/mol. The molecule has 1 fully saturated rings. The van der Waals surface area contributed by atoms with Crippen LogP contribution in [0.2, 0.25) is 0 Å². The van der Waals surface area contributed by atoms with Gasteiger partial charge in [0.2, 0.25) is 0 Å². The molecule has 0 bridgehead atoms. The number of hydrogen-bond acceptors (Lipinski definition) is 3. The fraction of sp³-hybridized carbons (Fsp3) is 1.00. The Bertz CT molecular complexity index is 196. The molecule has 0 amide bonds. The molecule has 1 saturated heterocycles. The Morgan fingerprint density at radius 2 is 1.94 bits per heavy atom. The van der Waals surface area contributed by atoms with Crippen molar-refractivity contribution >= 4 is 0 Å². The van der Waals surface area contributed by atoms with Crippen LogP contribution in [-0.2, 0) is 0 Å². The van der Waals surface area contributed by atoms with Crippen molar-refractivity contribution in [2.75, 3.05) is 26.2 Å². The predicted octanol–water partition coefficient (Wildman–Crippen LogP) is 1.45. The first-order valence-electron chi connectivity index (χ1n) is 6.57. The van der Waals surface area contributed by atoms with Crippen LogP contribution in [0.1, 0.15) is 40.0 Å². The summed E-state index contributed by atoms with van der Waals surface area (Å²) in [6.45, 7) is 10.1. The maximum Gasteiger partial charge on any atom is 0.0608 e. The van der Waals surface area contributed by atoms with Gasteiger partial charge >= 0.3 is 0 Å². The van der Waals surface area contributed by atoms with Crippen LogP contribution in [0.5, 0.6) is 0 Å². The third-order valence-electron chi connectivity index (χ3n) is 3.94. The zero-order valence-corrected chi connectivity index (χ0v) is 11.1. The maximum atomic E-state index is 9.09. The van der Waals surface area contributed by atoms with Gasteiger partial charge in [0.05, 0.1) is 6.61 Å². The molecule has 3 N–H and O–H groups in total. The highest BCUT2D eigenvalue weighted by Crippen LogP contribution is 2.24. The van der Waals surface area contributed by atoms with Crippen molar-refractivity contribution in [3.05, 3.63) is 0 Å². The summed E-state index contributed by atoms with van der Waals surface area (Å²) < 4.78 is 0. The van der Waals surface area contributed by atoms with Crippen molar-refractivity contribution in [2.24, 2.45) is 17.6 Å². The zero-order chi connectivity index (χ0) is 12.2. The Morgan fingerprint density at radius 1 is 1.38 bits per heavy atom. The molecule has 1 aliphatic rings. The molecule has 0 saturated carbocycles. The molecule has 16 heavy (non-hydrogen) atoms. The molecule has 1 unspecified atom stereocenters. The van der Waals surface area contributed by atoms with Crippen molar-refractivity contribution in [1.82, 2.24) is 4.90 Å². The van der Waals surface area contributed by atoms with Crippen LogP contribution < -0.4 is 5.73 Å². The van der Waals surface area contributed by atoms with Gasteiger partial charge in [-0.05, 0) is 57.7 Å². The molecular formula is C13H28N2O. The summed E-state index contributed by atoms with van der Waals surface area (Å²) in [4.78, 5) is 2.49. The van der Waals surface area contributed by atoms with Crippen molar-refractivity contribution in [3.63, 3.8) is 0 Å². The van der Waals surface area contributed by atoms with Crippen LogP contribution in [0.25, 0.3) is 0 Å². The largest absolute Gasteiger partial charge is 0.394 e. The van der Waals surface area contributed by atoms with E-state index in [1.54, 1.807) is 0 Å². The van der Waals surface area contributed by atoms with Gasteiger partial charge in [-0.2, -0.15) is 0 Å². The number of piperidine rings is 1. The minimum Gasteiger partial charge on any atom is -0.394 e. The highest BCUT2D eigenvalue weighted by atomic mass is 16.3. The second-order valence-electron chi connectivity index (χ2n) is 5.99. The van der Waals surface area contributed by atoms with E-state index in [1.807, 2.05) is 6.92 Å². The summed E-state index contributed by atoms with van der Waals surface area (Å²) in [5.41, 5.74) is 5.52. The predicted molar refractivity (Wildman–Crippen MR) is 68.3 cm³/mol. The van der Waals surface area contributed by atoms with Crippen molar-refractivity contribution in [2.45, 2.75) is 45.6 Å². The van der Waals surface area contributed by atoms with Crippen LogP contribution in [0.15, 0.2) is 0 Å². The number of hydrogen-bond donors (Lipinski definition) is 2. The van der Waals surface area contributed by atoms with Crippen LogP contribution >= 0.6 is 0 Å². The second kappa shape index (κ2) is 5.99. The van der Waals surface area contributed by atoms with E-state index >= 15 is 0 Å². The SMILES string of the molecule is CC(C)C1CCN(CCC(C)(N)CO)CC1. The van der Waals surface area contributed by atoms with E-state index in [0.717, 1.165) is 24.8 Å². The molecule has 3 nitrogen and oxygen atoms in total. The Hall–Kier alpha value is -0.120. The summed E-state index contributed by atoms with van der Waals surface area (Å²) in [6, 6.07) is 0. The fourth-order valence-corrected chi connectivity index (χ4v) is 2.34. The van der Waals surface area contributed by atoms with Crippen LogP contribution in [0.3, 0.4) is 0 Å². The second-order valence-corrected chi connectivity index (χ2v) is 5.99. The number of nitrogens with zero attached hydrogens (tertiary/aromatic N) is 1. The summed E-state index contributed by atoms with van der Waals surface area (Å²) in [5, 5.41) is 9.09. The Balaban J connectivity index is 2.22. The van der Waals surface area contributed by atoms with E-state index in [1.165, 1.54) is 25.9 Å². The lowest BCUT2D eigenvalue weighted by Gasteiger charge is -2.35. The number of rotatable bonds is 5. The smallest absolute Gasteiger partial charge is 0.0608 e.